The molecule has 0 aliphatic carbocycles. The molecular weight excluding hydrogens is 292 g/mol. The molecule has 2 atom stereocenters. The summed E-state index contributed by atoms with van der Waals surface area (Å²) in [5.74, 6) is 0.0808. The molecule has 23 heavy (non-hydrogen) atoms. The van der Waals surface area contributed by atoms with Crippen LogP contribution in [-0.4, -0.2) is 39.3 Å². The molecule has 2 rings (SSSR count). The summed E-state index contributed by atoms with van der Waals surface area (Å²) < 4.78 is 0. The molecule has 2 amide bonds. The Morgan fingerprint density at radius 2 is 2.04 bits per heavy atom. The normalized spacial score (nSPS) is 18.7. The molecule has 6 heteroatoms. The lowest BCUT2D eigenvalue weighted by Crippen LogP contribution is -2.44. The van der Waals surface area contributed by atoms with Crippen LogP contribution in [-0.2, 0) is 16.0 Å². The maximum Gasteiger partial charge on any atom is 0.313 e. The Labute approximate surface area is 137 Å². The van der Waals surface area contributed by atoms with Crippen LogP contribution >= 0.6 is 0 Å². The average molecular weight is 318 g/mol. The zero-order valence-corrected chi connectivity index (χ0v) is 14.2. The average Bonchev–Trinajstić information content (AvgIpc) is 3.04. The molecule has 1 fully saturated rings. The second-order valence-electron chi connectivity index (χ2n) is 6.17. The van der Waals surface area contributed by atoms with Crippen LogP contribution in [0, 0.1) is 5.92 Å². The Morgan fingerprint density at radius 1 is 1.35 bits per heavy atom. The number of nitrogens with zero attached hydrogens (tertiary/aromatic N) is 3. The number of amides is 2. The van der Waals surface area contributed by atoms with E-state index in [9.17, 15) is 9.59 Å². The van der Waals surface area contributed by atoms with Crippen molar-refractivity contribution in [1.82, 2.24) is 14.9 Å². The van der Waals surface area contributed by atoms with Crippen molar-refractivity contribution in [1.29, 1.82) is 0 Å². The van der Waals surface area contributed by atoms with Crippen LogP contribution < -0.4 is 5.32 Å². The van der Waals surface area contributed by atoms with Gasteiger partial charge in [-0.15, -0.1) is 0 Å². The number of hydrogen-bond donors (Lipinski definition) is 1. The lowest BCUT2D eigenvalue weighted by atomic mass is 9.95. The van der Waals surface area contributed by atoms with Gasteiger partial charge in [-0.3, -0.25) is 9.59 Å². The number of carbonyl (C=O) groups is 2. The number of aromatic nitrogens is 2. The van der Waals surface area contributed by atoms with Crippen molar-refractivity contribution in [3.05, 3.63) is 18.2 Å². The highest BCUT2D eigenvalue weighted by atomic mass is 16.2. The molecule has 1 aromatic rings. The fraction of sp³-hybridized carbons (Fsp3) is 0.647. The summed E-state index contributed by atoms with van der Waals surface area (Å²) in [6.45, 7) is 6.93. The second kappa shape index (κ2) is 8.04. The van der Waals surface area contributed by atoms with Gasteiger partial charge in [-0.05, 0) is 25.2 Å². The van der Waals surface area contributed by atoms with Gasteiger partial charge in [0.05, 0.1) is 18.1 Å². The van der Waals surface area contributed by atoms with E-state index in [-0.39, 0.29) is 6.04 Å². The molecule has 1 aliphatic rings. The highest BCUT2D eigenvalue weighted by molar-refractivity contribution is 6.39. The molecule has 1 N–H and O–H groups in total. The van der Waals surface area contributed by atoms with Gasteiger partial charge in [0.1, 0.15) is 5.82 Å². The van der Waals surface area contributed by atoms with Crippen LogP contribution in [0.1, 0.15) is 52.3 Å². The van der Waals surface area contributed by atoms with Crippen LogP contribution in [0.15, 0.2) is 12.4 Å². The zero-order chi connectivity index (χ0) is 16.8. The number of aryl methyl sites for hydroxylation is 1. The van der Waals surface area contributed by atoms with Crippen molar-refractivity contribution in [2.24, 2.45) is 5.92 Å². The Bertz CT molecular complexity index is 544. The van der Waals surface area contributed by atoms with E-state index in [4.69, 9.17) is 0 Å². The van der Waals surface area contributed by atoms with Crippen LogP contribution in [0.4, 0.5) is 5.69 Å². The van der Waals surface area contributed by atoms with Gasteiger partial charge in [-0.25, -0.2) is 9.97 Å². The van der Waals surface area contributed by atoms with Crippen LogP contribution in [0.25, 0.3) is 0 Å². The van der Waals surface area contributed by atoms with Gasteiger partial charge >= 0.3 is 11.8 Å². The van der Waals surface area contributed by atoms with E-state index < -0.39 is 11.8 Å². The highest BCUT2D eigenvalue weighted by Crippen LogP contribution is 2.27. The van der Waals surface area contributed by atoms with E-state index in [0.717, 1.165) is 32.1 Å². The summed E-state index contributed by atoms with van der Waals surface area (Å²) in [7, 11) is 0. The number of likely N-dealkylation sites (tertiary alicyclic amines) is 1. The predicted molar refractivity (Wildman–Crippen MR) is 88.8 cm³/mol. The van der Waals surface area contributed by atoms with Gasteiger partial charge in [-0.2, -0.15) is 0 Å². The quantitative estimate of drug-likeness (QED) is 0.846. The van der Waals surface area contributed by atoms with E-state index in [1.807, 2.05) is 6.92 Å². The van der Waals surface area contributed by atoms with Gasteiger partial charge in [0.15, 0.2) is 0 Å². The first kappa shape index (κ1) is 17.4. The van der Waals surface area contributed by atoms with E-state index >= 15 is 0 Å². The fourth-order valence-corrected chi connectivity index (χ4v) is 3.20. The minimum absolute atomic E-state index is 0.173. The van der Waals surface area contributed by atoms with Crippen molar-refractivity contribution >= 4 is 17.5 Å². The molecule has 0 radical (unpaired) electrons. The summed E-state index contributed by atoms with van der Waals surface area (Å²) in [4.78, 5) is 34.7. The first-order chi connectivity index (χ1) is 11.1. The van der Waals surface area contributed by atoms with E-state index in [2.05, 4.69) is 29.1 Å². The maximum atomic E-state index is 12.5. The number of nitrogens with one attached hydrogen (secondary N) is 1. The minimum atomic E-state index is -0.603. The van der Waals surface area contributed by atoms with Gasteiger partial charge < -0.3 is 10.2 Å². The standard InChI is InChI=1S/C17H26N4O2/c1-4-7-12(3)14-8-6-9-21(14)17(23)16(22)20-13-10-18-15(5-2)19-11-13/h10-12,14H,4-9H2,1-3H3,(H,20,22)/t12-,14+/m0/s1. The molecule has 0 saturated carbocycles. The zero-order valence-electron chi connectivity index (χ0n) is 14.2. The third-order valence-electron chi connectivity index (χ3n) is 4.43. The highest BCUT2D eigenvalue weighted by Gasteiger charge is 2.35. The first-order valence-electron chi connectivity index (χ1n) is 8.49. The van der Waals surface area contributed by atoms with Crippen molar-refractivity contribution in [2.45, 2.75) is 58.9 Å². The largest absolute Gasteiger partial charge is 0.331 e. The van der Waals surface area contributed by atoms with E-state index in [1.165, 1.54) is 12.4 Å². The van der Waals surface area contributed by atoms with E-state index in [1.54, 1.807) is 4.90 Å². The lowest BCUT2D eigenvalue weighted by Gasteiger charge is -2.29. The Morgan fingerprint density at radius 3 is 2.65 bits per heavy atom. The molecule has 0 aromatic carbocycles. The Hall–Kier alpha value is -1.98. The van der Waals surface area contributed by atoms with Crippen molar-refractivity contribution in [3.63, 3.8) is 0 Å². The van der Waals surface area contributed by atoms with Gasteiger partial charge in [0.2, 0.25) is 0 Å². The minimum Gasteiger partial charge on any atom is -0.331 e. The fourth-order valence-electron chi connectivity index (χ4n) is 3.20. The lowest BCUT2D eigenvalue weighted by molar-refractivity contribution is -0.144. The van der Waals surface area contributed by atoms with E-state index in [0.29, 0.717) is 24.0 Å². The molecule has 0 unspecified atom stereocenters. The SMILES string of the molecule is CCC[C@H](C)[C@H]1CCCN1C(=O)C(=O)Nc1cnc(CC)nc1. The number of hydrogen-bond acceptors (Lipinski definition) is 4. The topological polar surface area (TPSA) is 75.2 Å². The van der Waals surface area contributed by atoms with Crippen molar-refractivity contribution in [3.8, 4) is 0 Å². The van der Waals surface area contributed by atoms with Crippen molar-refractivity contribution in [2.75, 3.05) is 11.9 Å². The van der Waals surface area contributed by atoms with Crippen LogP contribution in [0.2, 0.25) is 0 Å². The number of carbonyl (C=O) groups excluding carboxylic acids is 2. The number of rotatable bonds is 5. The Kier molecular flexibility index (Phi) is 6.07. The number of anilines is 1. The molecule has 126 valence electrons. The smallest absolute Gasteiger partial charge is 0.313 e. The maximum absolute atomic E-state index is 12.5. The molecule has 1 saturated heterocycles. The van der Waals surface area contributed by atoms with Gasteiger partial charge in [-0.1, -0.05) is 27.2 Å². The van der Waals surface area contributed by atoms with Crippen LogP contribution in [0.5, 0.6) is 0 Å². The molecule has 6 nitrogen and oxygen atoms in total. The van der Waals surface area contributed by atoms with Gasteiger partial charge in [0.25, 0.3) is 0 Å². The first-order valence-corrected chi connectivity index (χ1v) is 8.49. The summed E-state index contributed by atoms with van der Waals surface area (Å²) in [5.41, 5.74) is 0.456. The molecule has 1 aliphatic heterocycles. The molecular formula is C17H26N4O2. The summed E-state index contributed by atoms with van der Waals surface area (Å²) in [6.07, 6.45) is 7.92. The second-order valence-corrected chi connectivity index (χ2v) is 6.17. The van der Waals surface area contributed by atoms with Gasteiger partial charge in [0, 0.05) is 19.0 Å². The predicted octanol–water partition coefficient (Wildman–Crippen LogP) is 2.40. The summed E-state index contributed by atoms with van der Waals surface area (Å²) >= 11 is 0. The third kappa shape index (κ3) is 4.27. The van der Waals surface area contributed by atoms with Crippen molar-refractivity contribution < 1.29 is 9.59 Å². The van der Waals surface area contributed by atoms with Crippen LogP contribution in [0.3, 0.4) is 0 Å². The summed E-state index contributed by atoms with van der Waals surface area (Å²) in [6, 6.07) is 0.173. The molecule has 1 aromatic heterocycles. The molecule has 0 spiro atoms. The third-order valence-corrected chi connectivity index (χ3v) is 4.43. The summed E-state index contributed by atoms with van der Waals surface area (Å²) in [5, 5.41) is 2.61. The Balaban J connectivity index is 1.99. The monoisotopic (exact) mass is 318 g/mol. The molecule has 2 heterocycles. The molecule has 0 bridgehead atoms.